The van der Waals surface area contributed by atoms with Crippen LogP contribution in [0.4, 0.5) is 5.69 Å². The van der Waals surface area contributed by atoms with Crippen molar-refractivity contribution in [1.29, 1.82) is 0 Å². The average molecular weight is 306 g/mol. The second kappa shape index (κ2) is 7.51. The molecule has 0 aliphatic heterocycles. The number of anilines is 1. The molecule has 0 saturated heterocycles. The van der Waals surface area contributed by atoms with Gasteiger partial charge >= 0.3 is 0 Å². The van der Waals surface area contributed by atoms with E-state index in [0.29, 0.717) is 11.1 Å². The Labute approximate surface area is 132 Å². The summed E-state index contributed by atoms with van der Waals surface area (Å²) in [7, 11) is 0. The first kappa shape index (κ1) is 15.9. The summed E-state index contributed by atoms with van der Waals surface area (Å²) < 4.78 is 1.82. The lowest BCUT2D eigenvalue weighted by Gasteiger charge is -2.23. The van der Waals surface area contributed by atoms with Crippen LogP contribution in [0.5, 0.6) is 0 Å². The monoisotopic (exact) mass is 305 g/mol. The van der Waals surface area contributed by atoms with E-state index in [1.807, 2.05) is 29.1 Å². The summed E-state index contributed by atoms with van der Waals surface area (Å²) >= 11 is 6.38. The highest BCUT2D eigenvalue weighted by Gasteiger charge is 2.15. The van der Waals surface area contributed by atoms with E-state index < -0.39 is 0 Å². The van der Waals surface area contributed by atoms with Crippen molar-refractivity contribution in [1.82, 2.24) is 9.78 Å². The van der Waals surface area contributed by atoms with E-state index >= 15 is 0 Å². The van der Waals surface area contributed by atoms with Crippen molar-refractivity contribution in [2.24, 2.45) is 5.92 Å². The van der Waals surface area contributed by atoms with Gasteiger partial charge in [0.05, 0.1) is 10.7 Å². The largest absolute Gasteiger partial charge is 0.381 e. The Morgan fingerprint density at radius 2 is 2.05 bits per heavy atom. The molecule has 0 bridgehead atoms. The average Bonchev–Trinajstić information content (AvgIpc) is 3.00. The molecule has 1 N–H and O–H groups in total. The van der Waals surface area contributed by atoms with E-state index in [1.165, 1.54) is 6.42 Å². The van der Waals surface area contributed by atoms with Crippen LogP contribution in [0.25, 0.3) is 5.69 Å². The molecule has 0 spiro atoms. The molecule has 2 atom stereocenters. The third kappa shape index (κ3) is 4.01. The van der Waals surface area contributed by atoms with Crippen LogP contribution in [0.2, 0.25) is 5.02 Å². The Bertz CT molecular complexity index is 551. The summed E-state index contributed by atoms with van der Waals surface area (Å²) in [5.41, 5.74) is 1.97. The zero-order valence-electron chi connectivity index (χ0n) is 13.0. The van der Waals surface area contributed by atoms with E-state index in [1.54, 1.807) is 6.20 Å². The van der Waals surface area contributed by atoms with E-state index in [4.69, 9.17) is 11.6 Å². The van der Waals surface area contributed by atoms with Gasteiger partial charge in [-0.1, -0.05) is 44.9 Å². The van der Waals surface area contributed by atoms with Crippen LogP contribution in [-0.2, 0) is 0 Å². The summed E-state index contributed by atoms with van der Waals surface area (Å²) in [6.07, 6.45) is 7.15. The van der Waals surface area contributed by atoms with Crippen molar-refractivity contribution in [3.8, 4) is 5.69 Å². The fourth-order valence-corrected chi connectivity index (χ4v) is 2.73. The number of halogens is 1. The van der Waals surface area contributed by atoms with Crippen LogP contribution in [0.3, 0.4) is 0 Å². The zero-order chi connectivity index (χ0) is 15.2. The summed E-state index contributed by atoms with van der Waals surface area (Å²) in [6.45, 7) is 6.76. The van der Waals surface area contributed by atoms with E-state index in [0.717, 1.165) is 30.1 Å². The first-order valence-electron chi connectivity index (χ1n) is 7.70. The van der Waals surface area contributed by atoms with Gasteiger partial charge < -0.3 is 5.32 Å². The highest BCUT2D eigenvalue weighted by atomic mass is 35.5. The van der Waals surface area contributed by atoms with Gasteiger partial charge in [-0.15, -0.1) is 0 Å². The van der Waals surface area contributed by atoms with E-state index in [2.05, 4.69) is 37.3 Å². The lowest BCUT2D eigenvalue weighted by atomic mass is 9.97. The molecular weight excluding hydrogens is 282 g/mol. The molecular formula is C17H24ClN3. The first-order valence-corrected chi connectivity index (χ1v) is 8.08. The van der Waals surface area contributed by atoms with Crippen molar-refractivity contribution in [2.45, 2.75) is 46.1 Å². The van der Waals surface area contributed by atoms with Crippen LogP contribution in [0, 0.1) is 5.92 Å². The van der Waals surface area contributed by atoms with Crippen molar-refractivity contribution in [2.75, 3.05) is 5.32 Å². The molecule has 21 heavy (non-hydrogen) atoms. The number of hydrogen-bond donors (Lipinski definition) is 1. The van der Waals surface area contributed by atoms with Gasteiger partial charge in [0, 0.05) is 18.4 Å². The zero-order valence-corrected chi connectivity index (χ0v) is 13.8. The standard InChI is InChI=1S/C17H24ClN3/c1-4-13(3)12-14(5-2)20-16-9-6-8-15(18)17(16)21-11-7-10-19-21/h6-11,13-14,20H,4-5,12H2,1-3H3. The molecule has 0 aliphatic carbocycles. The minimum Gasteiger partial charge on any atom is -0.381 e. The minimum atomic E-state index is 0.452. The van der Waals surface area contributed by atoms with E-state index in [9.17, 15) is 0 Å². The summed E-state index contributed by atoms with van der Waals surface area (Å²) in [5, 5.41) is 8.67. The fourth-order valence-electron chi connectivity index (χ4n) is 2.47. The SMILES string of the molecule is CCC(C)CC(CC)Nc1cccc(Cl)c1-n1cccn1. The number of aromatic nitrogens is 2. The molecule has 1 aromatic heterocycles. The van der Waals surface area contributed by atoms with E-state index in [-0.39, 0.29) is 0 Å². The van der Waals surface area contributed by atoms with Gasteiger partial charge in [-0.3, -0.25) is 0 Å². The summed E-state index contributed by atoms with van der Waals surface area (Å²) in [4.78, 5) is 0. The lowest BCUT2D eigenvalue weighted by molar-refractivity contribution is 0.461. The maximum absolute atomic E-state index is 6.38. The molecule has 1 aromatic carbocycles. The Hall–Kier alpha value is -1.48. The Balaban J connectivity index is 2.25. The maximum Gasteiger partial charge on any atom is 0.106 e. The summed E-state index contributed by atoms with van der Waals surface area (Å²) in [5.74, 6) is 0.717. The third-order valence-corrected chi connectivity index (χ3v) is 4.26. The predicted octanol–water partition coefficient (Wildman–Crippen LogP) is 5.15. The predicted molar refractivity (Wildman–Crippen MR) is 90.3 cm³/mol. The molecule has 114 valence electrons. The normalized spacial score (nSPS) is 13.9. The summed E-state index contributed by atoms with van der Waals surface area (Å²) in [6, 6.07) is 8.31. The minimum absolute atomic E-state index is 0.452. The highest BCUT2D eigenvalue weighted by molar-refractivity contribution is 6.33. The van der Waals surface area contributed by atoms with Crippen molar-refractivity contribution in [3.05, 3.63) is 41.7 Å². The van der Waals surface area contributed by atoms with Gasteiger partial charge in [-0.25, -0.2) is 4.68 Å². The van der Waals surface area contributed by atoms with Gasteiger partial charge in [0.15, 0.2) is 0 Å². The Morgan fingerprint density at radius 3 is 2.67 bits per heavy atom. The smallest absolute Gasteiger partial charge is 0.106 e. The third-order valence-electron chi connectivity index (χ3n) is 3.96. The number of nitrogens with zero attached hydrogens (tertiary/aromatic N) is 2. The van der Waals surface area contributed by atoms with Gasteiger partial charge in [-0.05, 0) is 37.0 Å². The van der Waals surface area contributed by atoms with Gasteiger partial charge in [0.1, 0.15) is 5.69 Å². The molecule has 0 fully saturated rings. The van der Waals surface area contributed by atoms with Gasteiger partial charge in [0.25, 0.3) is 0 Å². The number of nitrogens with one attached hydrogen (secondary N) is 1. The number of benzene rings is 1. The second-order valence-electron chi connectivity index (χ2n) is 5.59. The van der Waals surface area contributed by atoms with Crippen molar-refractivity contribution < 1.29 is 0 Å². The first-order chi connectivity index (χ1) is 10.2. The quantitative estimate of drug-likeness (QED) is 0.766. The second-order valence-corrected chi connectivity index (χ2v) is 5.99. The fraction of sp³-hybridized carbons (Fsp3) is 0.471. The van der Waals surface area contributed by atoms with Crippen molar-refractivity contribution in [3.63, 3.8) is 0 Å². The molecule has 2 aromatic rings. The molecule has 1 heterocycles. The van der Waals surface area contributed by atoms with Gasteiger partial charge in [0.2, 0.25) is 0 Å². The topological polar surface area (TPSA) is 29.9 Å². The number of hydrogen-bond acceptors (Lipinski definition) is 2. The number of para-hydroxylation sites is 1. The van der Waals surface area contributed by atoms with Crippen LogP contribution < -0.4 is 5.32 Å². The molecule has 2 rings (SSSR count). The molecule has 0 amide bonds. The molecule has 0 radical (unpaired) electrons. The van der Waals surface area contributed by atoms with Crippen LogP contribution in [-0.4, -0.2) is 15.8 Å². The molecule has 4 heteroatoms. The van der Waals surface area contributed by atoms with Crippen LogP contribution in [0.15, 0.2) is 36.7 Å². The van der Waals surface area contributed by atoms with Crippen LogP contribution >= 0.6 is 11.6 Å². The number of rotatable bonds is 7. The van der Waals surface area contributed by atoms with Crippen molar-refractivity contribution >= 4 is 17.3 Å². The lowest BCUT2D eigenvalue weighted by Crippen LogP contribution is -2.22. The molecule has 2 unspecified atom stereocenters. The maximum atomic E-state index is 6.38. The van der Waals surface area contributed by atoms with Crippen LogP contribution in [0.1, 0.15) is 40.0 Å². The molecule has 0 saturated carbocycles. The molecule has 3 nitrogen and oxygen atoms in total. The Morgan fingerprint density at radius 1 is 1.24 bits per heavy atom. The van der Waals surface area contributed by atoms with Gasteiger partial charge in [-0.2, -0.15) is 5.10 Å². The molecule has 0 aliphatic rings. The highest BCUT2D eigenvalue weighted by Crippen LogP contribution is 2.29. The Kier molecular flexibility index (Phi) is 5.68.